The van der Waals surface area contributed by atoms with Crippen molar-refractivity contribution in [3.05, 3.63) is 65.4 Å². The van der Waals surface area contributed by atoms with Gasteiger partial charge in [0.2, 0.25) is 0 Å². The number of nitrogens with one attached hydrogen (secondary N) is 3. The van der Waals surface area contributed by atoms with Crippen LogP contribution in [0.5, 0.6) is 5.75 Å². The van der Waals surface area contributed by atoms with Crippen LogP contribution >= 0.6 is 24.0 Å². The zero-order valence-corrected chi connectivity index (χ0v) is 18.0. The predicted molar refractivity (Wildman–Crippen MR) is 119 cm³/mol. The van der Waals surface area contributed by atoms with Crippen LogP contribution in [0.4, 0.5) is 8.78 Å². The fourth-order valence-corrected chi connectivity index (χ4v) is 2.90. The molecule has 0 aliphatic rings. The van der Waals surface area contributed by atoms with Crippen molar-refractivity contribution in [1.29, 1.82) is 0 Å². The maximum Gasteiger partial charge on any atom is 0.191 e. The number of methoxy groups -OCH3 is 1. The lowest BCUT2D eigenvalue weighted by Crippen LogP contribution is -2.37. The third-order valence-electron chi connectivity index (χ3n) is 4.32. The molecule has 0 fully saturated rings. The van der Waals surface area contributed by atoms with Crippen molar-refractivity contribution in [3.8, 4) is 5.75 Å². The van der Waals surface area contributed by atoms with Gasteiger partial charge >= 0.3 is 0 Å². The Labute approximate surface area is 179 Å². The Hall–Kier alpha value is -2.36. The number of aliphatic imine (C=N–C) groups is 1. The first-order chi connectivity index (χ1) is 13.1. The molecule has 0 amide bonds. The largest absolute Gasteiger partial charge is 0.494 e. The molecule has 1 aromatic heterocycles. The standard InChI is InChI=1S/C20H22F2N4O.HI/c1-23-20(26-11-13-3-6-19(27-2)17(22)9-13)24-8-7-14-12-25-18-5-4-15(21)10-16(14)18;/h3-6,9-10,12,25H,7-8,11H2,1-2H3,(H2,23,24,26);1H. The number of fused-ring (bicyclic) bond motifs is 1. The van der Waals surface area contributed by atoms with Crippen LogP contribution in [0.25, 0.3) is 10.9 Å². The van der Waals surface area contributed by atoms with E-state index >= 15 is 0 Å². The summed E-state index contributed by atoms with van der Waals surface area (Å²) in [4.78, 5) is 7.31. The highest BCUT2D eigenvalue weighted by Gasteiger charge is 2.07. The predicted octanol–water partition coefficient (Wildman–Crippen LogP) is 3.98. The number of aromatic amines is 1. The van der Waals surface area contributed by atoms with Crippen molar-refractivity contribution in [3.63, 3.8) is 0 Å². The second-order valence-corrected chi connectivity index (χ2v) is 6.08. The van der Waals surface area contributed by atoms with E-state index < -0.39 is 5.82 Å². The first-order valence-corrected chi connectivity index (χ1v) is 8.63. The molecule has 0 spiro atoms. The maximum absolute atomic E-state index is 13.7. The summed E-state index contributed by atoms with van der Waals surface area (Å²) in [5.74, 6) is 0.181. The minimum atomic E-state index is -0.397. The van der Waals surface area contributed by atoms with E-state index in [0.717, 1.165) is 22.0 Å². The lowest BCUT2D eigenvalue weighted by molar-refractivity contribution is 0.386. The van der Waals surface area contributed by atoms with Gasteiger partial charge in [-0.2, -0.15) is 0 Å². The number of nitrogens with zero attached hydrogens (tertiary/aromatic N) is 1. The van der Waals surface area contributed by atoms with E-state index in [-0.39, 0.29) is 35.5 Å². The van der Waals surface area contributed by atoms with Gasteiger partial charge in [0.15, 0.2) is 17.5 Å². The number of H-pyrrole nitrogens is 1. The van der Waals surface area contributed by atoms with Crippen molar-refractivity contribution in [2.45, 2.75) is 13.0 Å². The molecule has 5 nitrogen and oxygen atoms in total. The van der Waals surface area contributed by atoms with Gasteiger partial charge in [-0.15, -0.1) is 24.0 Å². The lowest BCUT2D eigenvalue weighted by atomic mass is 10.1. The Balaban J connectivity index is 0.00000280. The molecule has 8 heteroatoms. The van der Waals surface area contributed by atoms with Gasteiger partial charge in [-0.3, -0.25) is 4.99 Å². The van der Waals surface area contributed by atoms with Gasteiger partial charge in [0, 0.05) is 37.2 Å². The second kappa shape index (κ2) is 10.3. The third kappa shape index (κ3) is 5.34. The second-order valence-electron chi connectivity index (χ2n) is 6.08. The molecule has 3 rings (SSSR count). The van der Waals surface area contributed by atoms with Crippen LogP contribution in [0.2, 0.25) is 0 Å². The summed E-state index contributed by atoms with van der Waals surface area (Å²) in [6, 6.07) is 9.53. The zero-order valence-electron chi connectivity index (χ0n) is 15.7. The molecular weight excluding hydrogens is 477 g/mol. The molecule has 0 aliphatic heterocycles. The van der Waals surface area contributed by atoms with Gasteiger partial charge in [-0.1, -0.05) is 6.07 Å². The van der Waals surface area contributed by atoms with Gasteiger partial charge in [0.25, 0.3) is 0 Å². The average Bonchev–Trinajstić information content (AvgIpc) is 3.06. The molecule has 0 unspecified atom stereocenters. The van der Waals surface area contributed by atoms with Crippen LogP contribution in [-0.2, 0) is 13.0 Å². The van der Waals surface area contributed by atoms with E-state index in [1.54, 1.807) is 25.2 Å². The van der Waals surface area contributed by atoms with E-state index in [9.17, 15) is 8.78 Å². The molecule has 1 heterocycles. The number of hydrogen-bond donors (Lipinski definition) is 3. The highest BCUT2D eigenvalue weighted by molar-refractivity contribution is 14.0. The van der Waals surface area contributed by atoms with Crippen LogP contribution in [0.1, 0.15) is 11.1 Å². The highest BCUT2D eigenvalue weighted by Crippen LogP contribution is 2.19. The summed E-state index contributed by atoms with van der Waals surface area (Å²) in [6.07, 6.45) is 2.60. The zero-order chi connectivity index (χ0) is 19.2. The van der Waals surface area contributed by atoms with Gasteiger partial charge in [0.1, 0.15) is 5.82 Å². The summed E-state index contributed by atoms with van der Waals surface area (Å²) in [5, 5.41) is 7.23. The van der Waals surface area contributed by atoms with Crippen molar-refractivity contribution in [1.82, 2.24) is 15.6 Å². The van der Waals surface area contributed by atoms with Gasteiger partial charge in [-0.05, 0) is 47.9 Å². The third-order valence-corrected chi connectivity index (χ3v) is 4.32. The minimum absolute atomic E-state index is 0. The monoisotopic (exact) mass is 500 g/mol. The number of hydrogen-bond acceptors (Lipinski definition) is 2. The topological polar surface area (TPSA) is 61.4 Å². The van der Waals surface area contributed by atoms with Crippen molar-refractivity contribution >= 4 is 40.8 Å². The van der Waals surface area contributed by atoms with E-state index in [0.29, 0.717) is 25.5 Å². The summed E-state index contributed by atoms with van der Waals surface area (Å²) in [7, 11) is 3.11. The molecule has 0 aliphatic carbocycles. The van der Waals surface area contributed by atoms with E-state index in [1.165, 1.54) is 25.3 Å². The number of benzene rings is 2. The van der Waals surface area contributed by atoms with Crippen LogP contribution in [0.15, 0.2) is 47.6 Å². The Morgan fingerprint density at radius 3 is 2.68 bits per heavy atom. The Bertz CT molecular complexity index is 959. The lowest BCUT2D eigenvalue weighted by Gasteiger charge is -2.12. The number of guanidine groups is 1. The smallest absolute Gasteiger partial charge is 0.191 e. The number of halogens is 3. The molecule has 0 saturated heterocycles. The Morgan fingerprint density at radius 1 is 1.14 bits per heavy atom. The van der Waals surface area contributed by atoms with Crippen molar-refractivity contribution < 1.29 is 13.5 Å². The molecule has 150 valence electrons. The molecule has 0 atom stereocenters. The SMILES string of the molecule is CN=C(NCCc1c[nH]c2ccc(F)cc12)NCc1ccc(OC)c(F)c1.I. The normalized spacial score (nSPS) is 11.2. The van der Waals surface area contributed by atoms with Crippen LogP contribution < -0.4 is 15.4 Å². The average molecular weight is 500 g/mol. The van der Waals surface area contributed by atoms with Gasteiger partial charge in [-0.25, -0.2) is 8.78 Å². The fourth-order valence-electron chi connectivity index (χ4n) is 2.90. The maximum atomic E-state index is 13.7. The Kier molecular flexibility index (Phi) is 8.04. The van der Waals surface area contributed by atoms with Crippen molar-refractivity contribution in [2.75, 3.05) is 20.7 Å². The van der Waals surface area contributed by atoms with E-state index in [1.807, 2.05) is 6.20 Å². The van der Waals surface area contributed by atoms with E-state index in [2.05, 4.69) is 20.6 Å². The number of ether oxygens (including phenoxy) is 1. The minimum Gasteiger partial charge on any atom is -0.494 e. The molecule has 0 saturated carbocycles. The molecular formula is C20H23F2IN4O. The summed E-state index contributed by atoms with van der Waals surface area (Å²) in [5.41, 5.74) is 2.73. The summed E-state index contributed by atoms with van der Waals surface area (Å²) in [6.45, 7) is 1.05. The quantitative estimate of drug-likeness (QED) is 0.273. The number of aromatic nitrogens is 1. The first kappa shape index (κ1) is 21.9. The molecule has 2 aromatic carbocycles. The van der Waals surface area contributed by atoms with Gasteiger partial charge < -0.3 is 20.4 Å². The molecule has 0 bridgehead atoms. The Morgan fingerprint density at radius 2 is 1.96 bits per heavy atom. The molecule has 0 radical (unpaired) electrons. The van der Waals surface area contributed by atoms with Crippen molar-refractivity contribution in [2.24, 2.45) is 4.99 Å². The molecule has 3 N–H and O–H groups in total. The van der Waals surface area contributed by atoms with Gasteiger partial charge in [0.05, 0.1) is 7.11 Å². The van der Waals surface area contributed by atoms with Crippen LogP contribution in [-0.4, -0.2) is 31.6 Å². The fraction of sp³-hybridized carbons (Fsp3) is 0.250. The van der Waals surface area contributed by atoms with Crippen LogP contribution in [0, 0.1) is 11.6 Å². The number of rotatable bonds is 6. The molecule has 28 heavy (non-hydrogen) atoms. The molecule has 3 aromatic rings. The van der Waals surface area contributed by atoms with Crippen LogP contribution in [0.3, 0.4) is 0 Å². The van der Waals surface area contributed by atoms with E-state index in [4.69, 9.17) is 4.74 Å². The highest BCUT2D eigenvalue weighted by atomic mass is 127. The summed E-state index contributed by atoms with van der Waals surface area (Å²) >= 11 is 0. The summed E-state index contributed by atoms with van der Waals surface area (Å²) < 4.78 is 32.1. The first-order valence-electron chi connectivity index (χ1n) is 8.63.